The Morgan fingerprint density at radius 1 is 1.04 bits per heavy atom. The number of pyridine rings is 1. The summed E-state index contributed by atoms with van der Waals surface area (Å²) in [5.74, 6) is -2.22. The van der Waals surface area contributed by atoms with Gasteiger partial charge in [-0.05, 0) is 43.2 Å². The largest absolute Gasteiger partial charge is 0.478 e. The molecular formula is C17H14N4O4. The number of rotatable bonds is 4. The monoisotopic (exact) mass is 338 g/mol. The molecule has 3 rings (SSSR count). The minimum absolute atomic E-state index is 0.0753. The number of carbonyl (C=O) groups is 2. The molecule has 3 aromatic rings. The molecule has 0 radical (unpaired) electrons. The third-order valence-corrected chi connectivity index (χ3v) is 3.73. The van der Waals surface area contributed by atoms with Crippen molar-refractivity contribution in [3.05, 3.63) is 58.9 Å². The minimum atomic E-state index is -1.21. The lowest BCUT2D eigenvalue weighted by Gasteiger charge is -2.01. The number of fused-ring (bicyclic) bond motifs is 1. The van der Waals surface area contributed by atoms with Gasteiger partial charge in [-0.15, -0.1) is 10.2 Å². The van der Waals surface area contributed by atoms with E-state index < -0.39 is 11.9 Å². The molecule has 8 heteroatoms. The third kappa shape index (κ3) is 2.97. The topological polar surface area (TPSA) is 117 Å². The molecule has 0 aliphatic rings. The van der Waals surface area contributed by atoms with E-state index in [9.17, 15) is 14.7 Å². The first-order chi connectivity index (χ1) is 11.9. The maximum absolute atomic E-state index is 11.5. The smallest absolute Gasteiger partial charge is 0.358 e. The molecule has 0 aliphatic carbocycles. The van der Waals surface area contributed by atoms with Gasteiger partial charge in [-0.2, -0.15) is 0 Å². The van der Waals surface area contributed by atoms with Crippen molar-refractivity contribution in [2.45, 2.75) is 13.8 Å². The quantitative estimate of drug-likeness (QED) is 0.702. The fourth-order valence-corrected chi connectivity index (χ4v) is 2.38. The van der Waals surface area contributed by atoms with Crippen LogP contribution < -0.4 is 0 Å². The summed E-state index contributed by atoms with van der Waals surface area (Å²) in [6, 6.07) is 8.04. The molecule has 126 valence electrons. The summed E-state index contributed by atoms with van der Waals surface area (Å²) in [7, 11) is 0. The summed E-state index contributed by atoms with van der Waals surface area (Å²) in [5, 5.41) is 26.5. The second-order valence-corrected chi connectivity index (χ2v) is 5.48. The SMILES string of the molecule is Cc1ccc(C(=O)O)cc1N=Nc1c(C(=O)O)nc2c(C)cccn12. The Morgan fingerprint density at radius 2 is 1.80 bits per heavy atom. The van der Waals surface area contributed by atoms with Gasteiger partial charge >= 0.3 is 11.9 Å². The fraction of sp³-hybridized carbons (Fsp3) is 0.118. The standard InChI is InChI=1S/C17H14N4O4/c1-9-5-6-11(16(22)23)8-12(9)19-20-15-13(17(24)25)18-14-10(2)4-3-7-21(14)15/h3-8H,1-2H3,(H,22,23)(H,24,25). The van der Waals surface area contributed by atoms with Gasteiger partial charge in [0, 0.05) is 6.20 Å². The van der Waals surface area contributed by atoms with Gasteiger partial charge in [-0.3, -0.25) is 4.40 Å². The molecule has 1 aromatic carbocycles. The number of carboxylic acid groups (broad SMARTS) is 2. The Labute approximate surface area is 142 Å². The number of hydrogen-bond donors (Lipinski definition) is 2. The highest BCUT2D eigenvalue weighted by atomic mass is 16.4. The number of azo groups is 1. The van der Waals surface area contributed by atoms with Crippen molar-refractivity contribution in [1.29, 1.82) is 0 Å². The summed E-state index contributed by atoms with van der Waals surface area (Å²) in [6.07, 6.45) is 1.65. The van der Waals surface area contributed by atoms with Crippen LogP contribution in [0, 0.1) is 13.8 Å². The minimum Gasteiger partial charge on any atom is -0.478 e. The first-order valence-corrected chi connectivity index (χ1v) is 7.35. The average Bonchev–Trinajstić information content (AvgIpc) is 2.94. The number of aromatic carboxylic acids is 2. The van der Waals surface area contributed by atoms with E-state index in [0.29, 0.717) is 11.3 Å². The molecule has 2 heterocycles. The zero-order valence-corrected chi connectivity index (χ0v) is 13.5. The van der Waals surface area contributed by atoms with Crippen molar-refractivity contribution < 1.29 is 19.8 Å². The fourth-order valence-electron chi connectivity index (χ4n) is 2.38. The summed E-state index contributed by atoms with van der Waals surface area (Å²) < 4.78 is 1.54. The van der Waals surface area contributed by atoms with E-state index in [0.717, 1.165) is 11.1 Å². The Balaban J connectivity index is 2.15. The van der Waals surface area contributed by atoms with E-state index in [1.165, 1.54) is 12.1 Å². The van der Waals surface area contributed by atoms with Crippen molar-refractivity contribution in [2.75, 3.05) is 0 Å². The Bertz CT molecular complexity index is 1040. The molecule has 25 heavy (non-hydrogen) atoms. The molecule has 2 aromatic heterocycles. The van der Waals surface area contributed by atoms with Crippen molar-refractivity contribution in [2.24, 2.45) is 10.2 Å². The molecule has 0 unspecified atom stereocenters. The molecule has 8 nitrogen and oxygen atoms in total. The highest BCUT2D eigenvalue weighted by Gasteiger charge is 2.19. The van der Waals surface area contributed by atoms with E-state index in [-0.39, 0.29) is 17.1 Å². The van der Waals surface area contributed by atoms with Crippen LogP contribution in [0.2, 0.25) is 0 Å². The molecule has 0 atom stereocenters. The van der Waals surface area contributed by atoms with Crippen LogP contribution >= 0.6 is 0 Å². The van der Waals surface area contributed by atoms with E-state index in [4.69, 9.17) is 5.11 Å². The van der Waals surface area contributed by atoms with Crippen LogP contribution in [0.3, 0.4) is 0 Å². The molecular weight excluding hydrogens is 324 g/mol. The second-order valence-electron chi connectivity index (χ2n) is 5.48. The van der Waals surface area contributed by atoms with Crippen molar-refractivity contribution in [1.82, 2.24) is 9.38 Å². The lowest BCUT2D eigenvalue weighted by molar-refractivity contribution is 0.0683. The maximum Gasteiger partial charge on any atom is 0.358 e. The van der Waals surface area contributed by atoms with Crippen molar-refractivity contribution in [3.8, 4) is 0 Å². The summed E-state index contributed by atoms with van der Waals surface area (Å²) in [4.78, 5) is 26.7. The van der Waals surface area contributed by atoms with Crippen molar-refractivity contribution >= 4 is 29.1 Å². The molecule has 0 saturated carbocycles. The van der Waals surface area contributed by atoms with Gasteiger partial charge in [0.05, 0.1) is 11.3 Å². The number of aryl methyl sites for hydroxylation is 2. The van der Waals surface area contributed by atoms with Crippen LogP contribution in [-0.2, 0) is 0 Å². The number of aromatic nitrogens is 2. The second kappa shape index (κ2) is 6.16. The lowest BCUT2D eigenvalue weighted by Crippen LogP contribution is -1.97. The number of benzene rings is 1. The van der Waals surface area contributed by atoms with Crippen LogP contribution in [0.15, 0.2) is 46.8 Å². The molecule has 0 bridgehead atoms. The van der Waals surface area contributed by atoms with E-state index in [2.05, 4.69) is 15.2 Å². The zero-order chi connectivity index (χ0) is 18.1. The Morgan fingerprint density at radius 3 is 2.48 bits per heavy atom. The molecule has 0 amide bonds. The summed E-state index contributed by atoms with van der Waals surface area (Å²) in [6.45, 7) is 3.58. The van der Waals surface area contributed by atoms with Gasteiger partial charge in [-0.1, -0.05) is 12.1 Å². The zero-order valence-electron chi connectivity index (χ0n) is 13.5. The third-order valence-electron chi connectivity index (χ3n) is 3.73. The first-order valence-electron chi connectivity index (χ1n) is 7.35. The molecule has 0 spiro atoms. The van der Waals surface area contributed by atoms with E-state index >= 15 is 0 Å². The average molecular weight is 338 g/mol. The number of nitrogens with zero attached hydrogens (tertiary/aromatic N) is 4. The van der Waals surface area contributed by atoms with E-state index in [1.54, 1.807) is 29.7 Å². The van der Waals surface area contributed by atoms with Gasteiger partial charge in [0.2, 0.25) is 0 Å². The predicted octanol–water partition coefficient (Wildman–Crippen LogP) is 3.76. The highest BCUT2D eigenvalue weighted by molar-refractivity contribution is 5.92. The number of carboxylic acids is 2. The van der Waals surface area contributed by atoms with Crippen LogP contribution in [0.25, 0.3) is 5.65 Å². The predicted molar refractivity (Wildman–Crippen MR) is 89.2 cm³/mol. The summed E-state index contributed by atoms with van der Waals surface area (Å²) >= 11 is 0. The molecule has 2 N–H and O–H groups in total. The summed E-state index contributed by atoms with van der Waals surface area (Å²) in [5.41, 5.74) is 2.20. The first kappa shape index (κ1) is 16.3. The molecule has 0 aliphatic heterocycles. The van der Waals surface area contributed by atoms with Gasteiger partial charge in [-0.25, -0.2) is 14.6 Å². The highest BCUT2D eigenvalue weighted by Crippen LogP contribution is 2.27. The van der Waals surface area contributed by atoms with Gasteiger partial charge in [0.15, 0.2) is 11.5 Å². The van der Waals surface area contributed by atoms with Gasteiger partial charge < -0.3 is 10.2 Å². The molecule has 0 saturated heterocycles. The Hall–Kier alpha value is -3.55. The normalized spacial score (nSPS) is 11.3. The van der Waals surface area contributed by atoms with Crippen LogP contribution in [0.1, 0.15) is 32.0 Å². The number of imidazole rings is 1. The number of hydrogen-bond acceptors (Lipinski definition) is 5. The Kier molecular flexibility index (Phi) is 4.02. The lowest BCUT2D eigenvalue weighted by atomic mass is 10.1. The van der Waals surface area contributed by atoms with Crippen LogP contribution in [0.5, 0.6) is 0 Å². The van der Waals surface area contributed by atoms with Crippen molar-refractivity contribution in [3.63, 3.8) is 0 Å². The van der Waals surface area contributed by atoms with E-state index in [1.807, 2.05) is 13.0 Å². The van der Waals surface area contributed by atoms with Gasteiger partial charge in [0.25, 0.3) is 0 Å². The van der Waals surface area contributed by atoms with Gasteiger partial charge in [0.1, 0.15) is 5.65 Å². The van der Waals surface area contributed by atoms with Crippen LogP contribution in [0.4, 0.5) is 11.5 Å². The molecule has 0 fully saturated rings. The maximum atomic E-state index is 11.5. The van der Waals surface area contributed by atoms with Crippen LogP contribution in [-0.4, -0.2) is 31.5 Å².